The summed E-state index contributed by atoms with van der Waals surface area (Å²) in [6.45, 7) is 1.95. The molecule has 2 aromatic carbocycles. The fourth-order valence-electron chi connectivity index (χ4n) is 3.35. The van der Waals surface area contributed by atoms with Gasteiger partial charge in [-0.3, -0.25) is 4.79 Å². The number of nitrogens with one attached hydrogen (secondary N) is 1. The molecule has 1 aliphatic rings. The van der Waals surface area contributed by atoms with Gasteiger partial charge in [0.05, 0.1) is 24.1 Å². The summed E-state index contributed by atoms with van der Waals surface area (Å²) in [5.74, 6) is 1.48. The van der Waals surface area contributed by atoms with E-state index in [0.717, 1.165) is 41.2 Å². The van der Waals surface area contributed by atoms with Gasteiger partial charge in [-0.15, -0.1) is 5.10 Å². The van der Waals surface area contributed by atoms with Crippen LogP contribution < -0.4 is 10.1 Å². The molecule has 0 unspecified atom stereocenters. The Morgan fingerprint density at radius 3 is 2.63 bits per heavy atom. The van der Waals surface area contributed by atoms with Crippen LogP contribution in [-0.2, 0) is 6.42 Å². The SMILES string of the molecule is COc1ccc(-n2nc(Nc3ccc(C)c(Cl)c3)c3c2CCCC3=O)cc1. The van der Waals surface area contributed by atoms with E-state index in [2.05, 4.69) is 5.32 Å². The minimum atomic E-state index is 0.122. The summed E-state index contributed by atoms with van der Waals surface area (Å²) in [6, 6.07) is 13.4. The van der Waals surface area contributed by atoms with Crippen LogP contribution in [-0.4, -0.2) is 22.7 Å². The number of hydrogen-bond donors (Lipinski definition) is 1. The summed E-state index contributed by atoms with van der Waals surface area (Å²) in [6.07, 6.45) is 2.20. The number of hydrogen-bond acceptors (Lipinski definition) is 4. The third-order valence-corrected chi connectivity index (χ3v) is 5.24. The molecule has 0 aliphatic heterocycles. The van der Waals surface area contributed by atoms with Crippen molar-refractivity contribution in [1.29, 1.82) is 0 Å². The van der Waals surface area contributed by atoms with Crippen molar-refractivity contribution in [1.82, 2.24) is 9.78 Å². The lowest BCUT2D eigenvalue weighted by Gasteiger charge is -2.14. The third kappa shape index (κ3) is 3.30. The Bertz CT molecular complexity index is 1010. The predicted octanol–water partition coefficient (Wildman–Crippen LogP) is 5.11. The number of ketones is 1. The molecular formula is C21H20ClN3O2. The first kappa shape index (κ1) is 17.6. The summed E-state index contributed by atoms with van der Waals surface area (Å²) in [4.78, 5) is 12.6. The Morgan fingerprint density at radius 2 is 1.93 bits per heavy atom. The van der Waals surface area contributed by atoms with Crippen molar-refractivity contribution in [3.63, 3.8) is 0 Å². The minimum absolute atomic E-state index is 0.122. The van der Waals surface area contributed by atoms with Gasteiger partial charge >= 0.3 is 0 Å². The number of carbonyl (C=O) groups is 1. The van der Waals surface area contributed by atoms with Crippen LogP contribution in [0.1, 0.15) is 34.5 Å². The number of ether oxygens (including phenoxy) is 1. The standard InChI is InChI=1S/C21H20ClN3O2/c1-13-6-7-14(12-17(13)22)23-21-20-18(4-3-5-19(20)26)25(24-21)15-8-10-16(27-2)11-9-15/h6-12H,3-5H2,1-2H3,(H,23,24). The number of nitrogens with zero attached hydrogens (tertiary/aromatic N) is 2. The van der Waals surface area contributed by atoms with Crippen molar-refractivity contribution in [2.75, 3.05) is 12.4 Å². The third-order valence-electron chi connectivity index (χ3n) is 4.83. The zero-order valence-corrected chi connectivity index (χ0v) is 16.0. The van der Waals surface area contributed by atoms with E-state index in [-0.39, 0.29) is 5.78 Å². The molecule has 5 nitrogen and oxygen atoms in total. The van der Waals surface area contributed by atoms with Gasteiger partial charge in [0.2, 0.25) is 0 Å². The molecule has 6 heteroatoms. The van der Waals surface area contributed by atoms with Gasteiger partial charge in [0, 0.05) is 17.1 Å². The monoisotopic (exact) mass is 381 g/mol. The molecule has 1 N–H and O–H groups in total. The normalized spacial score (nSPS) is 13.4. The molecule has 0 atom stereocenters. The van der Waals surface area contributed by atoms with E-state index in [1.165, 1.54) is 0 Å². The number of halogens is 1. The summed E-state index contributed by atoms with van der Waals surface area (Å²) in [7, 11) is 1.64. The predicted molar refractivity (Wildman–Crippen MR) is 107 cm³/mol. The number of aromatic nitrogens is 2. The summed E-state index contributed by atoms with van der Waals surface area (Å²) >= 11 is 6.24. The lowest BCUT2D eigenvalue weighted by molar-refractivity contribution is 0.0973. The van der Waals surface area contributed by atoms with Crippen LogP contribution in [0.5, 0.6) is 5.75 Å². The molecule has 4 rings (SSSR count). The first-order valence-electron chi connectivity index (χ1n) is 8.89. The van der Waals surface area contributed by atoms with Gasteiger partial charge in [-0.2, -0.15) is 0 Å². The number of methoxy groups -OCH3 is 1. The number of rotatable bonds is 4. The Hall–Kier alpha value is -2.79. The van der Waals surface area contributed by atoms with Crippen molar-refractivity contribution in [2.24, 2.45) is 0 Å². The number of Topliss-reactive ketones (excluding diaryl/α,β-unsaturated/α-hetero) is 1. The Labute approximate surface area is 162 Å². The average molecular weight is 382 g/mol. The van der Waals surface area contributed by atoms with Crippen LogP contribution in [0.2, 0.25) is 5.02 Å². The molecule has 0 fully saturated rings. The van der Waals surface area contributed by atoms with Crippen LogP contribution in [0.4, 0.5) is 11.5 Å². The summed E-state index contributed by atoms with van der Waals surface area (Å²) in [5.41, 5.74) is 4.33. The van der Waals surface area contributed by atoms with Crippen LogP contribution >= 0.6 is 11.6 Å². The van der Waals surface area contributed by atoms with Gasteiger partial charge < -0.3 is 10.1 Å². The van der Waals surface area contributed by atoms with Crippen molar-refractivity contribution in [2.45, 2.75) is 26.2 Å². The van der Waals surface area contributed by atoms with Gasteiger partial charge in [-0.1, -0.05) is 17.7 Å². The summed E-state index contributed by atoms with van der Waals surface area (Å²) < 4.78 is 7.08. The van der Waals surface area contributed by atoms with Gasteiger partial charge in [0.1, 0.15) is 5.75 Å². The Kier molecular flexibility index (Phi) is 4.62. The maximum absolute atomic E-state index is 12.6. The molecule has 1 heterocycles. The van der Waals surface area contributed by atoms with Crippen LogP contribution in [0, 0.1) is 6.92 Å². The van der Waals surface area contributed by atoms with Crippen LogP contribution in [0.15, 0.2) is 42.5 Å². The van der Waals surface area contributed by atoms with E-state index in [1.54, 1.807) is 7.11 Å². The van der Waals surface area contributed by atoms with Crippen molar-refractivity contribution in [3.05, 3.63) is 64.3 Å². The van der Waals surface area contributed by atoms with Crippen molar-refractivity contribution < 1.29 is 9.53 Å². The summed E-state index contributed by atoms with van der Waals surface area (Å²) in [5, 5.41) is 8.67. The molecule has 0 radical (unpaired) electrons. The van der Waals surface area contributed by atoms with Gasteiger partial charge in [0.15, 0.2) is 11.6 Å². The molecule has 138 valence electrons. The molecule has 0 saturated carbocycles. The van der Waals surface area contributed by atoms with E-state index >= 15 is 0 Å². The van der Waals surface area contributed by atoms with Gasteiger partial charge in [-0.05, 0) is 61.7 Å². The lowest BCUT2D eigenvalue weighted by Crippen LogP contribution is -2.13. The average Bonchev–Trinajstić information content (AvgIpc) is 3.04. The molecule has 0 spiro atoms. The highest BCUT2D eigenvalue weighted by molar-refractivity contribution is 6.31. The van der Waals surface area contributed by atoms with Gasteiger partial charge in [0.25, 0.3) is 0 Å². The number of fused-ring (bicyclic) bond motifs is 1. The van der Waals surface area contributed by atoms with E-state index in [1.807, 2.05) is 54.1 Å². The number of benzene rings is 2. The molecule has 0 bridgehead atoms. The molecular weight excluding hydrogens is 362 g/mol. The topological polar surface area (TPSA) is 56.1 Å². The number of aryl methyl sites for hydroxylation is 1. The molecule has 27 heavy (non-hydrogen) atoms. The molecule has 0 amide bonds. The molecule has 1 aliphatic carbocycles. The second kappa shape index (κ2) is 7.08. The number of carbonyl (C=O) groups excluding carboxylic acids is 1. The van der Waals surface area contributed by atoms with Crippen LogP contribution in [0.3, 0.4) is 0 Å². The zero-order valence-electron chi connectivity index (χ0n) is 15.3. The quantitative estimate of drug-likeness (QED) is 0.682. The largest absolute Gasteiger partial charge is 0.497 e. The molecule has 0 saturated heterocycles. The van der Waals surface area contributed by atoms with E-state index in [4.69, 9.17) is 21.4 Å². The Morgan fingerprint density at radius 1 is 1.15 bits per heavy atom. The highest BCUT2D eigenvalue weighted by atomic mass is 35.5. The van der Waals surface area contributed by atoms with Crippen LogP contribution in [0.25, 0.3) is 5.69 Å². The zero-order chi connectivity index (χ0) is 19.0. The second-order valence-electron chi connectivity index (χ2n) is 6.65. The first-order valence-corrected chi connectivity index (χ1v) is 9.27. The fourth-order valence-corrected chi connectivity index (χ4v) is 3.53. The van der Waals surface area contributed by atoms with E-state index in [0.29, 0.717) is 22.8 Å². The van der Waals surface area contributed by atoms with E-state index in [9.17, 15) is 4.79 Å². The second-order valence-corrected chi connectivity index (χ2v) is 7.05. The first-order chi connectivity index (χ1) is 13.1. The maximum atomic E-state index is 12.6. The molecule has 3 aromatic rings. The Balaban J connectivity index is 1.78. The van der Waals surface area contributed by atoms with Crippen molar-refractivity contribution in [3.8, 4) is 11.4 Å². The maximum Gasteiger partial charge on any atom is 0.168 e. The van der Waals surface area contributed by atoms with Gasteiger partial charge in [-0.25, -0.2) is 4.68 Å². The highest BCUT2D eigenvalue weighted by Crippen LogP contribution is 2.32. The minimum Gasteiger partial charge on any atom is -0.497 e. The fraction of sp³-hybridized carbons (Fsp3) is 0.238. The number of anilines is 2. The van der Waals surface area contributed by atoms with E-state index < -0.39 is 0 Å². The molecule has 1 aromatic heterocycles. The highest BCUT2D eigenvalue weighted by Gasteiger charge is 2.27. The lowest BCUT2D eigenvalue weighted by atomic mass is 9.95. The smallest absolute Gasteiger partial charge is 0.168 e. The van der Waals surface area contributed by atoms with Crippen molar-refractivity contribution >= 4 is 28.9 Å².